The summed E-state index contributed by atoms with van der Waals surface area (Å²) in [5.74, 6) is 1.08. The molecule has 0 aromatic heterocycles. The first kappa shape index (κ1) is 12.8. The van der Waals surface area contributed by atoms with Gasteiger partial charge in [0.1, 0.15) is 6.10 Å². The van der Waals surface area contributed by atoms with Crippen LogP contribution in [0.3, 0.4) is 0 Å². The van der Waals surface area contributed by atoms with E-state index in [0.717, 1.165) is 0 Å². The molecular weight excluding hydrogens is 196 g/mol. The maximum atomic E-state index is 5.79. The van der Waals surface area contributed by atoms with Gasteiger partial charge in [0.05, 0.1) is 6.26 Å². The van der Waals surface area contributed by atoms with Crippen molar-refractivity contribution >= 4 is 6.08 Å². The lowest BCUT2D eigenvalue weighted by molar-refractivity contribution is 0.0618. The van der Waals surface area contributed by atoms with Gasteiger partial charge in [0.25, 0.3) is 0 Å². The molecular formula is C15H22O. The first-order valence-electron chi connectivity index (χ1n) is 5.98. The smallest absolute Gasteiger partial charge is 0.102 e. The summed E-state index contributed by atoms with van der Waals surface area (Å²) in [6.07, 6.45) is 4.12. The van der Waals surface area contributed by atoms with E-state index in [2.05, 4.69) is 39.8 Å². The van der Waals surface area contributed by atoms with Gasteiger partial charge in [-0.1, -0.05) is 58.0 Å². The highest BCUT2D eigenvalue weighted by Crippen LogP contribution is 2.16. The number of hydrogen-bond acceptors (Lipinski definition) is 1. The van der Waals surface area contributed by atoms with Crippen LogP contribution in [-0.4, -0.2) is 6.10 Å². The molecule has 1 rings (SSSR count). The second kappa shape index (κ2) is 6.37. The summed E-state index contributed by atoms with van der Waals surface area (Å²) in [5, 5.41) is 0. The van der Waals surface area contributed by atoms with Crippen molar-refractivity contribution in [1.29, 1.82) is 0 Å². The van der Waals surface area contributed by atoms with Crippen molar-refractivity contribution in [3.8, 4) is 0 Å². The van der Waals surface area contributed by atoms with E-state index in [1.807, 2.05) is 30.5 Å². The molecule has 0 radical (unpaired) electrons. The van der Waals surface area contributed by atoms with Crippen LogP contribution in [-0.2, 0) is 4.74 Å². The second-order valence-electron chi connectivity index (χ2n) is 4.80. The first-order chi connectivity index (χ1) is 7.61. The third-order valence-electron chi connectivity index (χ3n) is 2.61. The van der Waals surface area contributed by atoms with Crippen LogP contribution in [0, 0.1) is 11.8 Å². The average molecular weight is 218 g/mol. The van der Waals surface area contributed by atoms with Gasteiger partial charge in [0, 0.05) is 0 Å². The Labute approximate surface area is 99.1 Å². The van der Waals surface area contributed by atoms with Crippen LogP contribution in [0.4, 0.5) is 0 Å². The average Bonchev–Trinajstić information content (AvgIpc) is 2.24. The molecule has 88 valence electrons. The van der Waals surface area contributed by atoms with Crippen molar-refractivity contribution in [2.75, 3.05) is 0 Å². The molecule has 0 unspecified atom stereocenters. The van der Waals surface area contributed by atoms with Crippen LogP contribution in [0.5, 0.6) is 0 Å². The van der Waals surface area contributed by atoms with E-state index in [1.54, 1.807) is 0 Å². The van der Waals surface area contributed by atoms with Crippen LogP contribution in [0.1, 0.15) is 33.3 Å². The van der Waals surface area contributed by atoms with E-state index in [0.29, 0.717) is 17.9 Å². The van der Waals surface area contributed by atoms with Crippen molar-refractivity contribution in [3.63, 3.8) is 0 Å². The maximum absolute atomic E-state index is 5.79. The van der Waals surface area contributed by atoms with Gasteiger partial charge >= 0.3 is 0 Å². The number of ether oxygens (including phenoxy) is 1. The molecule has 0 amide bonds. The summed E-state index contributed by atoms with van der Waals surface area (Å²) >= 11 is 0. The van der Waals surface area contributed by atoms with Crippen molar-refractivity contribution in [2.24, 2.45) is 11.8 Å². The Balaban J connectivity index is 2.52. The van der Waals surface area contributed by atoms with Crippen LogP contribution < -0.4 is 0 Å². The molecule has 0 saturated carbocycles. The third-order valence-corrected chi connectivity index (χ3v) is 2.61. The highest BCUT2D eigenvalue weighted by molar-refractivity contribution is 5.47. The number of hydrogen-bond donors (Lipinski definition) is 0. The Morgan fingerprint density at radius 3 is 2.00 bits per heavy atom. The number of rotatable bonds is 5. The van der Waals surface area contributed by atoms with Crippen LogP contribution >= 0.6 is 0 Å². The largest absolute Gasteiger partial charge is 0.497 e. The van der Waals surface area contributed by atoms with E-state index < -0.39 is 0 Å². The zero-order chi connectivity index (χ0) is 12.0. The topological polar surface area (TPSA) is 9.23 Å². The molecule has 0 atom stereocenters. The van der Waals surface area contributed by atoms with E-state index in [1.165, 1.54) is 5.56 Å². The van der Waals surface area contributed by atoms with E-state index in [4.69, 9.17) is 4.74 Å². The summed E-state index contributed by atoms with van der Waals surface area (Å²) in [5.41, 5.74) is 1.17. The van der Waals surface area contributed by atoms with Gasteiger partial charge in [-0.25, -0.2) is 0 Å². The van der Waals surface area contributed by atoms with Crippen molar-refractivity contribution in [2.45, 2.75) is 33.8 Å². The molecule has 16 heavy (non-hydrogen) atoms. The Morgan fingerprint density at radius 2 is 1.50 bits per heavy atom. The van der Waals surface area contributed by atoms with Gasteiger partial charge in [-0.15, -0.1) is 0 Å². The lowest BCUT2D eigenvalue weighted by Crippen LogP contribution is -2.23. The fourth-order valence-corrected chi connectivity index (χ4v) is 1.86. The Hall–Kier alpha value is -1.24. The molecule has 0 bridgehead atoms. The molecule has 0 heterocycles. The van der Waals surface area contributed by atoms with Gasteiger partial charge < -0.3 is 4.74 Å². The van der Waals surface area contributed by atoms with Crippen molar-refractivity contribution in [3.05, 3.63) is 42.2 Å². The third kappa shape index (κ3) is 4.09. The molecule has 0 spiro atoms. The molecule has 1 heteroatoms. The van der Waals surface area contributed by atoms with E-state index in [9.17, 15) is 0 Å². The predicted octanol–water partition coefficient (Wildman–Crippen LogP) is 4.35. The van der Waals surface area contributed by atoms with Crippen LogP contribution in [0.25, 0.3) is 6.08 Å². The summed E-state index contributed by atoms with van der Waals surface area (Å²) in [7, 11) is 0. The monoisotopic (exact) mass is 218 g/mol. The van der Waals surface area contributed by atoms with Crippen LogP contribution in [0.15, 0.2) is 36.6 Å². The zero-order valence-corrected chi connectivity index (χ0v) is 10.7. The van der Waals surface area contributed by atoms with Crippen molar-refractivity contribution in [1.82, 2.24) is 0 Å². The van der Waals surface area contributed by atoms with E-state index >= 15 is 0 Å². The molecule has 0 N–H and O–H groups in total. The van der Waals surface area contributed by atoms with Gasteiger partial charge in [-0.05, 0) is 23.5 Å². The highest BCUT2D eigenvalue weighted by atomic mass is 16.5. The number of benzene rings is 1. The fraction of sp³-hybridized carbons (Fsp3) is 0.467. The second-order valence-corrected chi connectivity index (χ2v) is 4.80. The van der Waals surface area contributed by atoms with Gasteiger partial charge in [0.15, 0.2) is 0 Å². The lowest BCUT2D eigenvalue weighted by Gasteiger charge is -2.23. The summed E-state index contributed by atoms with van der Waals surface area (Å²) in [6.45, 7) is 8.78. The maximum Gasteiger partial charge on any atom is 0.102 e. The normalized spacial score (nSPS) is 11.9. The van der Waals surface area contributed by atoms with Gasteiger partial charge in [-0.2, -0.15) is 0 Å². The van der Waals surface area contributed by atoms with Crippen LogP contribution in [0.2, 0.25) is 0 Å². The molecule has 1 aromatic carbocycles. The molecule has 0 saturated heterocycles. The summed E-state index contributed by atoms with van der Waals surface area (Å²) in [6, 6.07) is 10.2. The fourth-order valence-electron chi connectivity index (χ4n) is 1.86. The van der Waals surface area contributed by atoms with Gasteiger partial charge in [-0.3, -0.25) is 0 Å². The highest BCUT2D eigenvalue weighted by Gasteiger charge is 2.17. The first-order valence-corrected chi connectivity index (χ1v) is 5.98. The Morgan fingerprint density at radius 1 is 0.938 bits per heavy atom. The molecule has 0 fully saturated rings. The Bertz CT molecular complexity index is 303. The molecule has 1 nitrogen and oxygen atoms in total. The quantitative estimate of drug-likeness (QED) is 0.667. The predicted molar refractivity (Wildman–Crippen MR) is 70.0 cm³/mol. The molecule has 0 aliphatic rings. The zero-order valence-electron chi connectivity index (χ0n) is 10.7. The minimum Gasteiger partial charge on any atom is -0.497 e. The molecule has 1 aromatic rings. The SMILES string of the molecule is CC(C)C(O/C=C/c1ccccc1)C(C)C. The standard InChI is InChI=1S/C15H22O/c1-12(2)15(13(3)4)16-11-10-14-8-6-5-7-9-14/h5-13,15H,1-4H3/b11-10+. The Kier molecular flexibility index (Phi) is 5.10. The molecule has 0 aliphatic carbocycles. The van der Waals surface area contributed by atoms with E-state index in [-0.39, 0.29) is 0 Å². The minimum absolute atomic E-state index is 0.292. The minimum atomic E-state index is 0.292. The van der Waals surface area contributed by atoms with Gasteiger partial charge in [0.2, 0.25) is 0 Å². The lowest BCUT2D eigenvalue weighted by atomic mass is 9.96. The summed E-state index contributed by atoms with van der Waals surface area (Å²) in [4.78, 5) is 0. The summed E-state index contributed by atoms with van der Waals surface area (Å²) < 4.78 is 5.79. The van der Waals surface area contributed by atoms with Crippen molar-refractivity contribution < 1.29 is 4.74 Å². The molecule has 0 aliphatic heterocycles.